The number of anilines is 2. The zero-order valence-electron chi connectivity index (χ0n) is 23.6. The van der Waals surface area contributed by atoms with E-state index >= 15 is 0 Å². The molecule has 4 rings (SSSR count). The van der Waals surface area contributed by atoms with Gasteiger partial charge in [0, 0.05) is 52.2 Å². The van der Waals surface area contributed by atoms with Crippen LogP contribution in [0.3, 0.4) is 0 Å². The van der Waals surface area contributed by atoms with Crippen LogP contribution in [-0.4, -0.2) is 71.8 Å². The lowest BCUT2D eigenvalue weighted by atomic mass is 10.0. The third kappa shape index (κ3) is 6.52. The van der Waals surface area contributed by atoms with E-state index in [0.717, 1.165) is 30.5 Å². The zero-order valence-corrected chi connectivity index (χ0v) is 23.6. The fraction of sp³-hybridized carbons (Fsp3) is 0.367. The van der Waals surface area contributed by atoms with E-state index in [1.54, 1.807) is 31.7 Å². The van der Waals surface area contributed by atoms with E-state index in [9.17, 15) is 9.59 Å². The number of hydrogen-bond acceptors (Lipinski definition) is 8. The Balaban J connectivity index is 0.00000308. The molecule has 10 heteroatoms. The highest BCUT2D eigenvalue weighted by Gasteiger charge is 2.33. The number of nitrogens with zero attached hydrogens (tertiary/aromatic N) is 4. The average molecular weight is 550 g/mol. The summed E-state index contributed by atoms with van der Waals surface area (Å²) in [5.41, 5.74) is 11.6. The summed E-state index contributed by atoms with van der Waals surface area (Å²) >= 11 is 0. The molecule has 0 saturated carbocycles. The first-order chi connectivity index (χ1) is 19.1. The number of aryl methyl sites for hydroxylation is 1. The number of nitrogens with one attached hydrogen (secondary N) is 2. The summed E-state index contributed by atoms with van der Waals surface area (Å²) in [7, 11) is 1.62. The number of allylic oxidation sites excluding steroid dienone is 3. The highest BCUT2D eigenvalue weighted by Crippen LogP contribution is 2.36. The Kier molecular flexibility index (Phi) is 8.91. The molecule has 0 aromatic carbocycles. The SMILES string of the molecule is C=C1C(/C(C=NCCOC)=C/N)=Cc2cc(C(=O)Nc3cnc(C)c(NC(=O)CN4CCCC4(C)C)c3)cnc21.[HH].[HH].[HH]. The normalized spacial score (nSPS) is 16.8. The van der Waals surface area contributed by atoms with Gasteiger partial charge in [0.05, 0.1) is 54.2 Å². The van der Waals surface area contributed by atoms with Crippen LogP contribution in [0.15, 0.2) is 53.4 Å². The number of likely N-dealkylation sites (tertiary alicyclic amines) is 1. The second-order valence-electron chi connectivity index (χ2n) is 10.5. The molecule has 0 radical (unpaired) electrons. The molecule has 2 aromatic rings. The van der Waals surface area contributed by atoms with Crippen LogP contribution in [0, 0.1) is 6.92 Å². The molecule has 2 aromatic heterocycles. The minimum Gasteiger partial charge on any atom is -0.404 e. The molecule has 216 valence electrons. The maximum absolute atomic E-state index is 13.1. The number of carbonyl (C=O) groups excluding carboxylic acids is 2. The number of amides is 2. The molecular formula is C30H43N7O3. The van der Waals surface area contributed by atoms with Crippen molar-refractivity contribution >= 4 is 41.1 Å². The quantitative estimate of drug-likeness (QED) is 0.292. The maximum atomic E-state index is 13.1. The fourth-order valence-electron chi connectivity index (χ4n) is 4.86. The fourth-order valence-corrected chi connectivity index (χ4v) is 4.86. The minimum absolute atomic E-state index is 0. The lowest BCUT2D eigenvalue weighted by Crippen LogP contribution is -2.43. The van der Waals surface area contributed by atoms with Gasteiger partial charge in [-0.15, -0.1) is 0 Å². The van der Waals surface area contributed by atoms with Crippen molar-refractivity contribution in [2.75, 3.05) is 44.0 Å². The van der Waals surface area contributed by atoms with E-state index in [-0.39, 0.29) is 21.6 Å². The number of aromatic nitrogens is 2. The van der Waals surface area contributed by atoms with Crippen LogP contribution in [-0.2, 0) is 9.53 Å². The Morgan fingerprint density at radius 3 is 2.77 bits per heavy atom. The van der Waals surface area contributed by atoms with E-state index in [4.69, 9.17) is 10.5 Å². The van der Waals surface area contributed by atoms with Crippen molar-refractivity contribution in [3.63, 3.8) is 0 Å². The second kappa shape index (κ2) is 12.4. The van der Waals surface area contributed by atoms with Crippen LogP contribution >= 0.6 is 0 Å². The van der Waals surface area contributed by atoms with Gasteiger partial charge in [-0.3, -0.25) is 29.4 Å². The summed E-state index contributed by atoms with van der Waals surface area (Å²) in [6.45, 7) is 12.5. The van der Waals surface area contributed by atoms with Crippen molar-refractivity contribution < 1.29 is 18.6 Å². The number of carbonyl (C=O) groups is 2. The first-order valence-corrected chi connectivity index (χ1v) is 13.3. The van der Waals surface area contributed by atoms with Gasteiger partial charge in [-0.25, -0.2) is 0 Å². The first kappa shape index (κ1) is 28.8. The van der Waals surface area contributed by atoms with Gasteiger partial charge in [0.25, 0.3) is 5.91 Å². The average Bonchev–Trinajstić information content (AvgIpc) is 3.43. The molecule has 1 saturated heterocycles. The van der Waals surface area contributed by atoms with E-state index in [2.05, 4.69) is 50.9 Å². The lowest BCUT2D eigenvalue weighted by molar-refractivity contribution is -0.118. The number of ether oxygens (including phenoxy) is 1. The number of hydrogen-bond donors (Lipinski definition) is 3. The van der Waals surface area contributed by atoms with Crippen LogP contribution < -0.4 is 16.4 Å². The molecule has 40 heavy (non-hydrogen) atoms. The smallest absolute Gasteiger partial charge is 0.257 e. The van der Waals surface area contributed by atoms with Gasteiger partial charge in [0.2, 0.25) is 5.91 Å². The van der Waals surface area contributed by atoms with Crippen LogP contribution in [0.5, 0.6) is 0 Å². The number of pyridine rings is 2. The highest BCUT2D eigenvalue weighted by molar-refractivity contribution is 6.07. The summed E-state index contributed by atoms with van der Waals surface area (Å²) in [5.74, 6) is -0.455. The Labute approximate surface area is 239 Å². The van der Waals surface area contributed by atoms with Gasteiger partial charge in [0.1, 0.15) is 0 Å². The van der Waals surface area contributed by atoms with Crippen molar-refractivity contribution in [2.24, 2.45) is 10.7 Å². The molecule has 0 spiro atoms. The predicted octanol–water partition coefficient (Wildman–Crippen LogP) is 4.56. The molecule has 3 heterocycles. The summed E-state index contributed by atoms with van der Waals surface area (Å²) in [5, 5.41) is 5.81. The van der Waals surface area contributed by atoms with E-state index in [0.29, 0.717) is 59.2 Å². The molecular weight excluding hydrogens is 506 g/mol. The van der Waals surface area contributed by atoms with Crippen LogP contribution in [0.1, 0.15) is 58.3 Å². The second-order valence-corrected chi connectivity index (χ2v) is 10.5. The van der Waals surface area contributed by atoms with E-state index in [1.807, 2.05) is 13.0 Å². The van der Waals surface area contributed by atoms with Crippen molar-refractivity contribution in [1.29, 1.82) is 0 Å². The molecule has 2 aliphatic rings. The molecule has 0 unspecified atom stereocenters. The monoisotopic (exact) mass is 549 g/mol. The number of methoxy groups -OCH3 is 1. The number of aliphatic imine (C=N–C) groups is 1. The maximum Gasteiger partial charge on any atom is 0.257 e. The summed E-state index contributed by atoms with van der Waals surface area (Å²) in [6.07, 6.45) is 10.3. The minimum atomic E-state index is -0.347. The lowest BCUT2D eigenvalue weighted by Gasteiger charge is -2.30. The van der Waals surface area contributed by atoms with Gasteiger partial charge in [0.15, 0.2) is 0 Å². The third-order valence-corrected chi connectivity index (χ3v) is 7.26. The molecule has 1 aliphatic heterocycles. The number of nitrogens with two attached hydrogens (primary N) is 1. The molecule has 2 amide bonds. The van der Waals surface area contributed by atoms with Crippen LogP contribution in [0.4, 0.5) is 11.4 Å². The summed E-state index contributed by atoms with van der Waals surface area (Å²) in [6, 6.07) is 3.48. The predicted molar refractivity (Wildman–Crippen MR) is 166 cm³/mol. The van der Waals surface area contributed by atoms with Gasteiger partial charge in [-0.2, -0.15) is 0 Å². The molecule has 1 aliphatic carbocycles. The van der Waals surface area contributed by atoms with Crippen LogP contribution in [0.2, 0.25) is 0 Å². The van der Waals surface area contributed by atoms with Crippen molar-refractivity contribution in [1.82, 2.24) is 14.9 Å². The van der Waals surface area contributed by atoms with E-state index in [1.165, 1.54) is 12.4 Å². The number of rotatable bonds is 10. The molecule has 4 N–H and O–H groups in total. The third-order valence-electron chi connectivity index (χ3n) is 7.26. The standard InChI is InChI=1S/C30H37N7O3.3H2/c1-19-25(23(14-31)15-32-8-10-40-5)12-21-11-22(16-34-28(19)21)29(39)35-24-13-26(20(2)33-17-24)36-27(38)18-37-9-6-7-30(37,3)4;;;/h11-17H,1,6-10,18,31H2,2-5H3,(H,35,39)(H,36,38);3*1H/b23-14+,32-15?;;;. The summed E-state index contributed by atoms with van der Waals surface area (Å²) < 4.78 is 5.02. The molecule has 10 nitrogen and oxygen atoms in total. The molecule has 0 bridgehead atoms. The van der Waals surface area contributed by atoms with E-state index < -0.39 is 0 Å². The Bertz CT molecular complexity index is 1420. The summed E-state index contributed by atoms with van der Waals surface area (Å²) in [4.78, 5) is 41.2. The van der Waals surface area contributed by atoms with Crippen molar-refractivity contribution in [3.8, 4) is 0 Å². The van der Waals surface area contributed by atoms with Gasteiger partial charge < -0.3 is 21.1 Å². The van der Waals surface area contributed by atoms with Crippen molar-refractivity contribution in [2.45, 2.75) is 39.2 Å². The topological polar surface area (TPSA) is 135 Å². The first-order valence-electron chi connectivity index (χ1n) is 13.3. The highest BCUT2D eigenvalue weighted by atomic mass is 16.5. The molecule has 0 atom stereocenters. The Morgan fingerprint density at radius 1 is 1.27 bits per heavy atom. The van der Waals surface area contributed by atoms with Crippen molar-refractivity contribution in [3.05, 3.63) is 71.0 Å². The Hall–Kier alpha value is -4.15. The Morgan fingerprint density at radius 2 is 2.08 bits per heavy atom. The van der Waals surface area contributed by atoms with Gasteiger partial charge in [-0.1, -0.05) is 6.58 Å². The van der Waals surface area contributed by atoms with Gasteiger partial charge in [-0.05, 0) is 63.9 Å². The van der Waals surface area contributed by atoms with Crippen LogP contribution in [0.25, 0.3) is 11.6 Å². The molecule has 1 fully saturated rings. The van der Waals surface area contributed by atoms with Gasteiger partial charge >= 0.3 is 0 Å². The zero-order chi connectivity index (χ0) is 28.9. The largest absolute Gasteiger partial charge is 0.404 e. The number of fused-ring (bicyclic) bond motifs is 1.